The summed E-state index contributed by atoms with van der Waals surface area (Å²) in [5, 5.41) is 0. The zero-order chi connectivity index (χ0) is 14.8. The molecule has 1 aromatic rings. The summed E-state index contributed by atoms with van der Waals surface area (Å²) in [6.45, 7) is 5.50. The smallest absolute Gasteiger partial charge is 0.248 e. The van der Waals surface area contributed by atoms with Crippen molar-refractivity contribution in [2.45, 2.75) is 11.8 Å². The first-order chi connectivity index (χ1) is 9.48. The average molecular weight is 364 g/mol. The van der Waals surface area contributed by atoms with Crippen LogP contribution in [0, 0.1) is 0 Å². The van der Waals surface area contributed by atoms with Crippen molar-refractivity contribution in [2.75, 3.05) is 39.8 Å². The maximum absolute atomic E-state index is 12.7. The molecule has 6 nitrogen and oxygen atoms in total. The summed E-state index contributed by atoms with van der Waals surface area (Å²) in [6.07, 6.45) is 1.52. The van der Waals surface area contributed by atoms with Gasteiger partial charge in [0.2, 0.25) is 15.9 Å². The van der Waals surface area contributed by atoms with E-state index in [1.165, 1.54) is 23.7 Å². The maximum Gasteiger partial charge on any atom is 0.248 e. The number of hydrogen-bond donors (Lipinski definition) is 0. The average Bonchev–Trinajstić information content (AvgIpc) is 2.47. The van der Waals surface area contributed by atoms with Crippen LogP contribution in [0.15, 0.2) is 21.6 Å². The Kier molecular flexibility index (Phi) is 5.00. The van der Waals surface area contributed by atoms with Crippen molar-refractivity contribution < 1.29 is 13.2 Å². The molecule has 112 valence electrons. The highest BCUT2D eigenvalue weighted by molar-refractivity contribution is 9.10. The molecule has 1 aliphatic heterocycles. The topological polar surface area (TPSA) is 62.7 Å². The summed E-state index contributed by atoms with van der Waals surface area (Å²) in [7, 11) is -2.15. The van der Waals surface area contributed by atoms with Gasteiger partial charge in [0, 0.05) is 36.8 Å². The highest BCUT2D eigenvalue weighted by Crippen LogP contribution is 2.27. The van der Waals surface area contributed by atoms with Gasteiger partial charge in [0.1, 0.15) is 4.90 Å². The van der Waals surface area contributed by atoms with Crippen molar-refractivity contribution in [1.29, 1.82) is 0 Å². The zero-order valence-corrected chi connectivity index (χ0v) is 13.9. The van der Waals surface area contributed by atoms with Crippen molar-refractivity contribution in [3.63, 3.8) is 0 Å². The molecule has 20 heavy (non-hydrogen) atoms. The van der Waals surface area contributed by atoms with Crippen LogP contribution in [0.5, 0.6) is 5.88 Å². The number of sulfonamides is 1. The molecule has 0 bridgehead atoms. The predicted molar refractivity (Wildman–Crippen MR) is 79.4 cm³/mol. The Morgan fingerprint density at radius 2 is 2.00 bits per heavy atom. The number of rotatable bonds is 4. The summed E-state index contributed by atoms with van der Waals surface area (Å²) >= 11 is 3.25. The van der Waals surface area contributed by atoms with E-state index in [-0.39, 0.29) is 10.8 Å². The van der Waals surface area contributed by atoms with E-state index in [1.807, 2.05) is 0 Å². The third-order valence-corrected chi connectivity index (χ3v) is 5.70. The van der Waals surface area contributed by atoms with Crippen molar-refractivity contribution in [3.05, 3.63) is 16.7 Å². The monoisotopic (exact) mass is 363 g/mol. The van der Waals surface area contributed by atoms with Crippen LogP contribution in [0.3, 0.4) is 0 Å². The maximum atomic E-state index is 12.7. The standard InChI is InChI=1S/C12H18BrN3O3S/c1-3-15-4-6-16(7-5-15)20(17,18)11-8-10(13)9-14-12(11)19-2/h8-9H,3-7H2,1-2H3. The first kappa shape index (κ1) is 15.7. The molecular formula is C12H18BrN3O3S. The van der Waals surface area contributed by atoms with Crippen molar-refractivity contribution >= 4 is 26.0 Å². The Bertz CT molecular complexity index is 571. The number of likely N-dealkylation sites (N-methyl/N-ethyl adjacent to an activating group) is 1. The minimum atomic E-state index is -3.57. The molecule has 0 saturated carbocycles. The molecule has 0 N–H and O–H groups in total. The molecule has 1 aromatic heterocycles. The van der Waals surface area contributed by atoms with Crippen molar-refractivity contribution in [1.82, 2.24) is 14.2 Å². The van der Waals surface area contributed by atoms with Gasteiger partial charge in [-0.25, -0.2) is 13.4 Å². The van der Waals surface area contributed by atoms with Gasteiger partial charge >= 0.3 is 0 Å². The lowest BCUT2D eigenvalue weighted by molar-refractivity contribution is 0.196. The second-order valence-corrected chi connectivity index (χ2v) is 7.32. The van der Waals surface area contributed by atoms with Crippen LogP contribution in [0.25, 0.3) is 0 Å². The van der Waals surface area contributed by atoms with E-state index in [1.54, 1.807) is 0 Å². The first-order valence-electron chi connectivity index (χ1n) is 6.41. The van der Waals surface area contributed by atoms with Crippen LogP contribution >= 0.6 is 15.9 Å². The number of nitrogens with zero attached hydrogens (tertiary/aromatic N) is 3. The molecule has 1 aliphatic rings. The highest BCUT2D eigenvalue weighted by atomic mass is 79.9. The van der Waals surface area contributed by atoms with Crippen molar-refractivity contribution in [2.24, 2.45) is 0 Å². The molecule has 0 atom stereocenters. The molecule has 2 heterocycles. The number of piperazine rings is 1. The molecular weight excluding hydrogens is 346 g/mol. The zero-order valence-electron chi connectivity index (χ0n) is 11.5. The van der Waals surface area contributed by atoms with E-state index in [0.29, 0.717) is 17.6 Å². The lowest BCUT2D eigenvalue weighted by atomic mass is 10.4. The second-order valence-electron chi connectivity index (χ2n) is 4.50. The quantitative estimate of drug-likeness (QED) is 0.803. The third kappa shape index (κ3) is 3.13. The van der Waals surface area contributed by atoms with E-state index >= 15 is 0 Å². The molecule has 0 radical (unpaired) electrons. The number of hydrogen-bond acceptors (Lipinski definition) is 5. The molecule has 0 aliphatic carbocycles. The number of halogens is 1. The number of methoxy groups -OCH3 is 1. The largest absolute Gasteiger partial charge is 0.480 e. The molecule has 0 spiro atoms. The van der Waals surface area contributed by atoms with Crippen LogP contribution in [0.2, 0.25) is 0 Å². The second kappa shape index (κ2) is 6.38. The van der Waals surface area contributed by atoms with E-state index in [9.17, 15) is 8.42 Å². The van der Waals surface area contributed by atoms with Gasteiger partial charge < -0.3 is 9.64 Å². The Labute approximate surface area is 127 Å². The van der Waals surface area contributed by atoms with Gasteiger partial charge in [-0.3, -0.25) is 0 Å². The highest BCUT2D eigenvalue weighted by Gasteiger charge is 2.31. The fourth-order valence-electron chi connectivity index (χ4n) is 2.17. The first-order valence-corrected chi connectivity index (χ1v) is 8.64. The van der Waals surface area contributed by atoms with E-state index in [2.05, 4.69) is 32.7 Å². The summed E-state index contributed by atoms with van der Waals surface area (Å²) in [5.41, 5.74) is 0. The molecule has 1 fully saturated rings. The Hall–Kier alpha value is -0.700. The van der Waals surface area contributed by atoms with Gasteiger partial charge in [-0.2, -0.15) is 4.31 Å². The van der Waals surface area contributed by atoms with Crippen LogP contribution in [-0.2, 0) is 10.0 Å². The number of ether oxygens (including phenoxy) is 1. The normalized spacial score (nSPS) is 18.1. The molecule has 1 saturated heterocycles. The SMILES string of the molecule is CCN1CCN(S(=O)(=O)c2cc(Br)cnc2OC)CC1. The van der Waals surface area contributed by atoms with E-state index in [0.717, 1.165) is 19.6 Å². The number of pyridine rings is 1. The summed E-state index contributed by atoms with van der Waals surface area (Å²) in [6, 6.07) is 1.54. The summed E-state index contributed by atoms with van der Waals surface area (Å²) in [5.74, 6) is 0.131. The van der Waals surface area contributed by atoms with Crippen LogP contribution in [0.1, 0.15) is 6.92 Å². The van der Waals surface area contributed by atoms with Crippen LogP contribution < -0.4 is 4.74 Å². The Morgan fingerprint density at radius 1 is 1.35 bits per heavy atom. The van der Waals surface area contributed by atoms with Gasteiger partial charge in [-0.15, -0.1) is 0 Å². The Balaban J connectivity index is 2.29. The molecule has 2 rings (SSSR count). The van der Waals surface area contributed by atoms with Crippen LogP contribution in [0.4, 0.5) is 0 Å². The minimum Gasteiger partial charge on any atom is -0.480 e. The lowest BCUT2D eigenvalue weighted by Crippen LogP contribution is -2.48. The molecule has 8 heteroatoms. The van der Waals surface area contributed by atoms with Gasteiger partial charge in [-0.05, 0) is 28.5 Å². The predicted octanol–water partition coefficient (Wildman–Crippen LogP) is 1.18. The Morgan fingerprint density at radius 3 is 2.55 bits per heavy atom. The third-order valence-electron chi connectivity index (χ3n) is 3.37. The summed E-state index contributed by atoms with van der Waals surface area (Å²) < 4.78 is 32.5. The van der Waals surface area contributed by atoms with Gasteiger partial charge in [0.15, 0.2) is 0 Å². The fraction of sp³-hybridized carbons (Fsp3) is 0.583. The minimum absolute atomic E-state index is 0.110. The van der Waals surface area contributed by atoms with Gasteiger partial charge in [-0.1, -0.05) is 6.92 Å². The van der Waals surface area contributed by atoms with Gasteiger partial charge in [0.25, 0.3) is 0 Å². The molecule has 0 unspecified atom stereocenters. The van der Waals surface area contributed by atoms with E-state index < -0.39 is 10.0 Å². The summed E-state index contributed by atoms with van der Waals surface area (Å²) in [4.78, 5) is 6.34. The van der Waals surface area contributed by atoms with Gasteiger partial charge in [0.05, 0.1) is 7.11 Å². The lowest BCUT2D eigenvalue weighted by Gasteiger charge is -2.33. The number of aromatic nitrogens is 1. The van der Waals surface area contributed by atoms with E-state index in [4.69, 9.17) is 4.74 Å². The molecule has 0 aromatic carbocycles. The molecule has 0 amide bonds. The fourth-order valence-corrected chi connectivity index (χ4v) is 4.21. The van der Waals surface area contributed by atoms with Crippen LogP contribution in [-0.4, -0.2) is 62.4 Å². The van der Waals surface area contributed by atoms with Crippen molar-refractivity contribution in [3.8, 4) is 5.88 Å².